The van der Waals surface area contributed by atoms with E-state index in [4.69, 9.17) is 17.3 Å². The summed E-state index contributed by atoms with van der Waals surface area (Å²) in [5, 5.41) is 5.58. The van der Waals surface area contributed by atoms with Gasteiger partial charge in [-0.3, -0.25) is 19.8 Å². The van der Waals surface area contributed by atoms with Gasteiger partial charge in [0.2, 0.25) is 0 Å². The minimum atomic E-state index is -0.502. The minimum Gasteiger partial charge on any atom is -0.397 e. The van der Waals surface area contributed by atoms with E-state index < -0.39 is 11.1 Å². The van der Waals surface area contributed by atoms with Crippen molar-refractivity contribution in [3.05, 3.63) is 43.9 Å². The fourth-order valence-electron chi connectivity index (χ4n) is 1.89. The molecule has 3 rings (SSSR count). The van der Waals surface area contributed by atoms with E-state index in [-0.39, 0.29) is 16.6 Å². The maximum absolute atomic E-state index is 11.7. The average molecular weight is 263 g/mol. The summed E-state index contributed by atoms with van der Waals surface area (Å²) in [5.74, 6) is 0. The van der Waals surface area contributed by atoms with Crippen LogP contribution < -0.4 is 16.9 Å². The zero-order valence-corrected chi connectivity index (χ0v) is 9.71. The standard InChI is InChI=1S/C11H7ClN4O2/c12-4-1-2-5-6(3-4)14-9-7(8(5)13)10(17)15-16-11(9)18/h1-3H,(H2,13,14)(H,15,17)(H,16,18). The first-order chi connectivity index (χ1) is 8.58. The van der Waals surface area contributed by atoms with Crippen molar-refractivity contribution in [2.75, 3.05) is 5.73 Å². The number of hydrogen-bond donors (Lipinski definition) is 3. The molecule has 0 unspecified atom stereocenters. The van der Waals surface area contributed by atoms with Crippen LogP contribution in [0.15, 0.2) is 27.8 Å². The molecule has 2 heterocycles. The number of benzene rings is 1. The summed E-state index contributed by atoms with van der Waals surface area (Å²) >= 11 is 5.86. The second-order valence-corrected chi connectivity index (χ2v) is 4.26. The highest BCUT2D eigenvalue weighted by atomic mass is 35.5. The van der Waals surface area contributed by atoms with E-state index in [1.165, 1.54) is 0 Å². The van der Waals surface area contributed by atoms with Gasteiger partial charge in [-0.1, -0.05) is 11.6 Å². The van der Waals surface area contributed by atoms with Crippen LogP contribution in [0.25, 0.3) is 21.8 Å². The molecule has 4 N–H and O–H groups in total. The van der Waals surface area contributed by atoms with E-state index in [9.17, 15) is 9.59 Å². The van der Waals surface area contributed by atoms with Gasteiger partial charge >= 0.3 is 0 Å². The number of halogens is 1. The first-order valence-electron chi connectivity index (χ1n) is 5.07. The summed E-state index contributed by atoms with van der Waals surface area (Å²) in [6.07, 6.45) is 0. The second kappa shape index (κ2) is 3.58. The van der Waals surface area contributed by atoms with Gasteiger partial charge in [0.25, 0.3) is 11.1 Å². The lowest BCUT2D eigenvalue weighted by Gasteiger charge is -2.05. The highest BCUT2D eigenvalue weighted by Gasteiger charge is 2.12. The average Bonchev–Trinajstić information content (AvgIpc) is 2.33. The third-order valence-corrected chi connectivity index (χ3v) is 2.96. The first-order valence-corrected chi connectivity index (χ1v) is 5.45. The van der Waals surface area contributed by atoms with E-state index in [2.05, 4.69) is 15.2 Å². The molecule has 18 heavy (non-hydrogen) atoms. The maximum Gasteiger partial charge on any atom is 0.289 e. The fraction of sp³-hybridized carbons (Fsp3) is 0. The van der Waals surface area contributed by atoms with E-state index in [0.717, 1.165) is 0 Å². The molecule has 3 aromatic rings. The Labute approximate surface area is 104 Å². The molecule has 0 atom stereocenters. The molecule has 2 aromatic heterocycles. The summed E-state index contributed by atoms with van der Waals surface area (Å²) < 4.78 is 0. The summed E-state index contributed by atoms with van der Waals surface area (Å²) in [5.41, 5.74) is 5.64. The highest BCUT2D eigenvalue weighted by Crippen LogP contribution is 2.26. The number of pyridine rings is 1. The van der Waals surface area contributed by atoms with Crippen molar-refractivity contribution in [1.29, 1.82) is 0 Å². The predicted molar refractivity (Wildman–Crippen MR) is 69.9 cm³/mol. The van der Waals surface area contributed by atoms with Crippen LogP contribution in [0.3, 0.4) is 0 Å². The van der Waals surface area contributed by atoms with Gasteiger partial charge in [0.05, 0.1) is 16.6 Å². The molecular weight excluding hydrogens is 256 g/mol. The van der Waals surface area contributed by atoms with Crippen LogP contribution in [0.1, 0.15) is 0 Å². The van der Waals surface area contributed by atoms with Crippen molar-refractivity contribution in [2.45, 2.75) is 0 Å². The SMILES string of the molecule is Nc1c2ccc(Cl)cc2nc2c(=O)[nH][nH]c(=O)c12. The number of nitrogen functional groups attached to an aromatic ring is 1. The highest BCUT2D eigenvalue weighted by molar-refractivity contribution is 6.31. The number of nitrogens with two attached hydrogens (primary N) is 1. The zero-order valence-electron chi connectivity index (χ0n) is 8.95. The predicted octanol–water partition coefficient (Wildman–Crippen LogP) is 1.00. The third kappa shape index (κ3) is 1.39. The lowest BCUT2D eigenvalue weighted by atomic mass is 10.1. The summed E-state index contributed by atoms with van der Waals surface area (Å²) in [7, 11) is 0. The van der Waals surface area contributed by atoms with Gasteiger partial charge in [0.1, 0.15) is 5.52 Å². The lowest BCUT2D eigenvalue weighted by Crippen LogP contribution is -2.21. The number of hydrogen-bond acceptors (Lipinski definition) is 4. The Balaban J connectivity index is 2.69. The second-order valence-electron chi connectivity index (χ2n) is 3.82. The molecule has 0 saturated heterocycles. The van der Waals surface area contributed by atoms with Gasteiger partial charge in [-0.15, -0.1) is 0 Å². The van der Waals surface area contributed by atoms with Crippen molar-refractivity contribution in [3.8, 4) is 0 Å². The summed E-state index contributed by atoms with van der Waals surface area (Å²) in [4.78, 5) is 27.5. The molecule has 0 spiro atoms. The fourth-order valence-corrected chi connectivity index (χ4v) is 2.06. The van der Waals surface area contributed by atoms with Crippen molar-refractivity contribution < 1.29 is 0 Å². The Morgan fingerprint density at radius 1 is 1.17 bits per heavy atom. The molecule has 0 bridgehead atoms. The number of fused-ring (bicyclic) bond motifs is 2. The lowest BCUT2D eigenvalue weighted by molar-refractivity contribution is 0.972. The van der Waals surface area contributed by atoms with Crippen LogP contribution in [0.2, 0.25) is 5.02 Å². The van der Waals surface area contributed by atoms with E-state index in [0.29, 0.717) is 15.9 Å². The summed E-state index contributed by atoms with van der Waals surface area (Å²) in [6.45, 7) is 0. The molecular formula is C11H7ClN4O2. The van der Waals surface area contributed by atoms with Crippen LogP contribution in [0, 0.1) is 0 Å². The van der Waals surface area contributed by atoms with E-state index in [1.807, 2.05) is 0 Å². The molecule has 0 radical (unpaired) electrons. The number of aromatic nitrogens is 3. The third-order valence-electron chi connectivity index (χ3n) is 2.72. The van der Waals surface area contributed by atoms with Gasteiger partial charge in [0, 0.05) is 10.4 Å². The van der Waals surface area contributed by atoms with Crippen LogP contribution in [-0.2, 0) is 0 Å². The number of nitrogens with one attached hydrogen (secondary N) is 2. The molecule has 0 aliphatic rings. The molecule has 0 saturated carbocycles. The maximum atomic E-state index is 11.7. The van der Waals surface area contributed by atoms with Gasteiger partial charge in [-0.05, 0) is 18.2 Å². The molecule has 0 aliphatic carbocycles. The van der Waals surface area contributed by atoms with Crippen molar-refractivity contribution >= 4 is 39.1 Å². The molecule has 7 heteroatoms. The van der Waals surface area contributed by atoms with Crippen LogP contribution in [0.5, 0.6) is 0 Å². The number of H-pyrrole nitrogens is 2. The molecule has 6 nitrogen and oxygen atoms in total. The topological polar surface area (TPSA) is 105 Å². The Morgan fingerprint density at radius 3 is 2.67 bits per heavy atom. The van der Waals surface area contributed by atoms with Gasteiger partial charge in [0.15, 0.2) is 0 Å². The quantitative estimate of drug-likeness (QED) is 0.526. The molecule has 1 aromatic carbocycles. The molecule has 0 fully saturated rings. The normalized spacial score (nSPS) is 11.2. The number of anilines is 1. The van der Waals surface area contributed by atoms with Crippen molar-refractivity contribution in [1.82, 2.24) is 15.2 Å². The van der Waals surface area contributed by atoms with E-state index >= 15 is 0 Å². The molecule has 0 aliphatic heterocycles. The molecule has 0 amide bonds. The Hall–Kier alpha value is -2.34. The number of aromatic amines is 2. The van der Waals surface area contributed by atoms with Crippen LogP contribution in [-0.4, -0.2) is 15.2 Å². The van der Waals surface area contributed by atoms with Crippen LogP contribution in [0.4, 0.5) is 5.69 Å². The van der Waals surface area contributed by atoms with Crippen molar-refractivity contribution in [2.24, 2.45) is 0 Å². The largest absolute Gasteiger partial charge is 0.397 e. The van der Waals surface area contributed by atoms with Crippen molar-refractivity contribution in [3.63, 3.8) is 0 Å². The smallest absolute Gasteiger partial charge is 0.289 e. The monoisotopic (exact) mass is 262 g/mol. The Bertz CT molecular complexity index is 897. The number of nitrogens with zero attached hydrogens (tertiary/aromatic N) is 1. The Kier molecular flexibility index (Phi) is 2.14. The van der Waals surface area contributed by atoms with Gasteiger partial charge in [-0.25, -0.2) is 4.98 Å². The van der Waals surface area contributed by atoms with Gasteiger partial charge in [-0.2, -0.15) is 0 Å². The molecule has 90 valence electrons. The van der Waals surface area contributed by atoms with Gasteiger partial charge < -0.3 is 5.73 Å². The zero-order chi connectivity index (χ0) is 12.9. The summed E-state index contributed by atoms with van der Waals surface area (Å²) in [6, 6.07) is 4.91. The first kappa shape index (κ1) is 10.8. The minimum absolute atomic E-state index is 0.00557. The van der Waals surface area contributed by atoms with E-state index in [1.54, 1.807) is 18.2 Å². The Morgan fingerprint density at radius 2 is 1.89 bits per heavy atom. The number of rotatable bonds is 0. The van der Waals surface area contributed by atoms with Crippen LogP contribution >= 0.6 is 11.6 Å².